The van der Waals surface area contributed by atoms with E-state index in [9.17, 15) is 0 Å². The van der Waals surface area contributed by atoms with Crippen molar-refractivity contribution in [1.82, 2.24) is 15.2 Å². The third kappa shape index (κ3) is 3.54. The number of hydrogen-bond donors (Lipinski definition) is 2. The summed E-state index contributed by atoms with van der Waals surface area (Å²) in [6, 6.07) is 10.5. The van der Waals surface area contributed by atoms with Gasteiger partial charge in [-0.2, -0.15) is 5.10 Å². The van der Waals surface area contributed by atoms with E-state index < -0.39 is 0 Å². The zero-order valence-electron chi connectivity index (χ0n) is 12.6. The minimum atomic E-state index is 0.0285. The fourth-order valence-corrected chi connectivity index (χ4v) is 3.36. The maximum atomic E-state index is 5.90. The van der Waals surface area contributed by atoms with Crippen LogP contribution in [0.4, 0.5) is 0 Å². The van der Waals surface area contributed by atoms with Crippen LogP contribution < -0.4 is 11.3 Å². The monoisotopic (exact) mass is 350 g/mol. The number of nitrogens with one attached hydrogen (secondary N) is 1. The van der Waals surface area contributed by atoms with Gasteiger partial charge in [-0.1, -0.05) is 44.2 Å². The predicted octanol–water partition coefficient (Wildman–Crippen LogP) is 3.75. The molecule has 0 amide bonds. The molecule has 0 aliphatic rings. The highest BCUT2D eigenvalue weighted by molar-refractivity contribution is 9.10. The summed E-state index contributed by atoms with van der Waals surface area (Å²) in [6.45, 7) is 5.24. The van der Waals surface area contributed by atoms with Crippen LogP contribution in [0.1, 0.15) is 49.9 Å². The maximum absolute atomic E-state index is 5.90. The van der Waals surface area contributed by atoms with Crippen molar-refractivity contribution in [3.63, 3.8) is 0 Å². The van der Waals surface area contributed by atoms with E-state index in [1.807, 2.05) is 16.9 Å². The van der Waals surface area contributed by atoms with Gasteiger partial charge in [0.1, 0.15) is 0 Å². The van der Waals surface area contributed by atoms with E-state index in [0.717, 1.165) is 29.6 Å². The number of nitrogens with zero attached hydrogens (tertiary/aromatic N) is 2. The molecule has 0 spiro atoms. The molecule has 0 saturated carbocycles. The number of aromatic nitrogens is 2. The lowest BCUT2D eigenvalue weighted by atomic mass is 9.87. The van der Waals surface area contributed by atoms with Crippen molar-refractivity contribution in [1.29, 1.82) is 0 Å². The van der Waals surface area contributed by atoms with Gasteiger partial charge in [-0.25, -0.2) is 0 Å². The minimum absolute atomic E-state index is 0.0285. The normalized spacial score (nSPS) is 14.1. The highest BCUT2D eigenvalue weighted by Gasteiger charge is 2.27. The van der Waals surface area contributed by atoms with Gasteiger partial charge >= 0.3 is 0 Å². The summed E-state index contributed by atoms with van der Waals surface area (Å²) in [7, 11) is 0. The molecule has 1 aromatic carbocycles. The fourth-order valence-electron chi connectivity index (χ4n) is 2.82. The van der Waals surface area contributed by atoms with Crippen LogP contribution in [0.2, 0.25) is 0 Å². The van der Waals surface area contributed by atoms with Crippen LogP contribution in [0.5, 0.6) is 0 Å². The summed E-state index contributed by atoms with van der Waals surface area (Å²) in [4.78, 5) is 0. The molecule has 1 aromatic heterocycles. The SMILES string of the molecule is CCCn1ncc(Br)c1C(NN)C(CC)c1ccccc1. The molecule has 0 aliphatic carbocycles. The Kier molecular flexibility index (Phi) is 5.96. The smallest absolute Gasteiger partial charge is 0.0715 e. The van der Waals surface area contributed by atoms with E-state index in [2.05, 4.69) is 64.6 Å². The summed E-state index contributed by atoms with van der Waals surface area (Å²) >= 11 is 3.62. The van der Waals surface area contributed by atoms with E-state index in [0.29, 0.717) is 5.92 Å². The van der Waals surface area contributed by atoms with Gasteiger partial charge < -0.3 is 0 Å². The first-order chi connectivity index (χ1) is 10.2. The van der Waals surface area contributed by atoms with E-state index in [-0.39, 0.29) is 6.04 Å². The van der Waals surface area contributed by atoms with Gasteiger partial charge in [0, 0.05) is 12.5 Å². The van der Waals surface area contributed by atoms with Crippen LogP contribution in [-0.4, -0.2) is 9.78 Å². The second-order valence-electron chi connectivity index (χ2n) is 5.17. The molecule has 0 fully saturated rings. The average molecular weight is 351 g/mol. The third-order valence-electron chi connectivity index (χ3n) is 3.81. The Morgan fingerprint density at radius 1 is 1.29 bits per heavy atom. The minimum Gasteiger partial charge on any atom is -0.271 e. The van der Waals surface area contributed by atoms with Gasteiger partial charge in [0.2, 0.25) is 0 Å². The lowest BCUT2D eigenvalue weighted by Crippen LogP contribution is -2.34. The lowest BCUT2D eigenvalue weighted by molar-refractivity contribution is 0.406. The summed E-state index contributed by atoms with van der Waals surface area (Å²) in [6.07, 6.45) is 3.90. The van der Waals surface area contributed by atoms with Crippen molar-refractivity contribution in [2.75, 3.05) is 0 Å². The van der Waals surface area contributed by atoms with E-state index >= 15 is 0 Å². The zero-order chi connectivity index (χ0) is 15.2. The Balaban J connectivity index is 2.40. The highest BCUT2D eigenvalue weighted by atomic mass is 79.9. The van der Waals surface area contributed by atoms with Crippen LogP contribution in [-0.2, 0) is 6.54 Å². The number of rotatable bonds is 7. The Morgan fingerprint density at radius 3 is 2.57 bits per heavy atom. The number of aryl methyl sites for hydroxylation is 1. The fraction of sp³-hybridized carbons (Fsp3) is 0.438. The van der Waals surface area contributed by atoms with Crippen LogP contribution in [0, 0.1) is 0 Å². The largest absolute Gasteiger partial charge is 0.271 e. The quantitative estimate of drug-likeness (QED) is 0.590. The van der Waals surface area contributed by atoms with Gasteiger partial charge in [0.05, 0.1) is 22.4 Å². The van der Waals surface area contributed by atoms with Crippen LogP contribution >= 0.6 is 15.9 Å². The van der Waals surface area contributed by atoms with E-state index in [1.165, 1.54) is 5.56 Å². The van der Waals surface area contributed by atoms with E-state index in [4.69, 9.17) is 5.84 Å². The van der Waals surface area contributed by atoms with Crippen molar-refractivity contribution in [3.8, 4) is 0 Å². The van der Waals surface area contributed by atoms with Crippen LogP contribution in [0.25, 0.3) is 0 Å². The van der Waals surface area contributed by atoms with Gasteiger partial charge in [-0.15, -0.1) is 0 Å². The molecule has 0 saturated heterocycles. The molecule has 21 heavy (non-hydrogen) atoms. The molecule has 1 heterocycles. The molecular formula is C16H23BrN4. The first-order valence-electron chi connectivity index (χ1n) is 7.45. The molecule has 2 aromatic rings. The van der Waals surface area contributed by atoms with Gasteiger partial charge in [-0.05, 0) is 34.3 Å². The number of halogens is 1. The summed E-state index contributed by atoms with van der Waals surface area (Å²) < 4.78 is 3.05. The third-order valence-corrected chi connectivity index (χ3v) is 4.42. The zero-order valence-corrected chi connectivity index (χ0v) is 14.2. The molecule has 4 nitrogen and oxygen atoms in total. The maximum Gasteiger partial charge on any atom is 0.0715 e. The molecule has 2 atom stereocenters. The molecule has 2 unspecified atom stereocenters. The molecule has 2 rings (SSSR count). The standard InChI is InChI=1S/C16H23BrN4/c1-3-10-21-16(14(17)11-19-21)15(20-18)13(4-2)12-8-6-5-7-9-12/h5-9,11,13,15,20H,3-4,10,18H2,1-2H3. The second-order valence-corrected chi connectivity index (χ2v) is 6.02. The summed E-state index contributed by atoms with van der Waals surface area (Å²) in [5, 5.41) is 4.46. The predicted molar refractivity (Wildman–Crippen MR) is 89.8 cm³/mol. The van der Waals surface area contributed by atoms with Gasteiger partial charge in [0.25, 0.3) is 0 Å². The first-order valence-corrected chi connectivity index (χ1v) is 8.24. The Morgan fingerprint density at radius 2 is 2.00 bits per heavy atom. The van der Waals surface area contributed by atoms with Gasteiger partial charge in [0.15, 0.2) is 0 Å². The van der Waals surface area contributed by atoms with Gasteiger partial charge in [-0.3, -0.25) is 16.0 Å². The molecule has 0 radical (unpaired) electrons. The topological polar surface area (TPSA) is 55.9 Å². The molecule has 0 aliphatic heterocycles. The Hall–Kier alpha value is -1.17. The average Bonchev–Trinajstić information content (AvgIpc) is 2.87. The van der Waals surface area contributed by atoms with Crippen molar-refractivity contribution >= 4 is 15.9 Å². The van der Waals surface area contributed by atoms with Crippen LogP contribution in [0.15, 0.2) is 41.0 Å². The number of hydrazine groups is 1. The van der Waals surface area contributed by atoms with Crippen molar-refractivity contribution in [2.24, 2.45) is 5.84 Å². The van der Waals surface area contributed by atoms with Crippen molar-refractivity contribution in [2.45, 2.75) is 45.2 Å². The molecule has 0 bridgehead atoms. The van der Waals surface area contributed by atoms with Crippen molar-refractivity contribution in [3.05, 3.63) is 52.3 Å². The number of hydrogen-bond acceptors (Lipinski definition) is 3. The number of benzene rings is 1. The molecule has 3 N–H and O–H groups in total. The number of nitrogens with two attached hydrogens (primary N) is 1. The lowest BCUT2D eigenvalue weighted by Gasteiger charge is -2.27. The Labute approximate surface area is 134 Å². The highest BCUT2D eigenvalue weighted by Crippen LogP contribution is 2.36. The molecule has 114 valence electrons. The molecule has 5 heteroatoms. The summed E-state index contributed by atoms with van der Waals surface area (Å²) in [5.74, 6) is 6.21. The van der Waals surface area contributed by atoms with Crippen molar-refractivity contribution < 1.29 is 0 Å². The Bertz CT molecular complexity index is 553. The summed E-state index contributed by atoms with van der Waals surface area (Å²) in [5.41, 5.74) is 5.41. The van der Waals surface area contributed by atoms with E-state index in [1.54, 1.807) is 0 Å². The molecular weight excluding hydrogens is 328 g/mol. The second kappa shape index (κ2) is 7.73. The first kappa shape index (κ1) is 16.2. The van der Waals surface area contributed by atoms with Crippen LogP contribution in [0.3, 0.4) is 0 Å².